The Morgan fingerprint density at radius 3 is 1.60 bits per heavy atom. The van der Waals surface area contributed by atoms with Crippen molar-refractivity contribution in [3.05, 3.63) is 0 Å². The van der Waals surface area contributed by atoms with E-state index in [1.165, 1.54) is 7.17 Å². The molecule has 0 unspecified atom stereocenters. The molecule has 0 bridgehead atoms. The smallest absolute Gasteiger partial charge is 0.0874 e. The normalized spacial score (nSPS) is 8.20. The number of hydrogen-bond donors (Lipinski definition) is 0. The van der Waals surface area contributed by atoms with E-state index in [9.17, 15) is 0 Å². The molecular formula is CH8B4. The quantitative estimate of drug-likeness (QED) is 0.284. The van der Waals surface area contributed by atoms with Gasteiger partial charge in [-0.15, -0.1) is 5.62 Å². The average molecular weight is 63.3 g/mol. The third-order valence-electron chi connectivity index (χ3n) is 0.816. The molecule has 0 amide bonds. The first kappa shape index (κ1) is 5.26. The van der Waals surface area contributed by atoms with Gasteiger partial charge in [-0.3, -0.25) is 0 Å². The van der Waals surface area contributed by atoms with Crippen LogP contribution >= 0.6 is 0 Å². The molecule has 0 saturated carbocycles. The van der Waals surface area contributed by atoms with E-state index in [-0.39, 0.29) is 0 Å². The molecule has 0 atom stereocenters. The minimum absolute atomic E-state index is 0.884. The second kappa shape index (κ2) is 2.49. The Bertz CT molecular complexity index is 17.6. The zero-order chi connectivity index (χ0) is 4.28. The standard InChI is InChI=1S/CH8B4/c2-1(3)5-4/h1,5H,2-4H2. The van der Waals surface area contributed by atoms with E-state index in [0.29, 0.717) is 0 Å². The lowest BCUT2D eigenvalue weighted by molar-refractivity contribution is 1.90. The minimum atomic E-state index is 0.884. The van der Waals surface area contributed by atoms with Gasteiger partial charge in [0.25, 0.3) is 0 Å². The molecule has 0 aromatic heterocycles. The Morgan fingerprint density at radius 1 is 1.40 bits per heavy atom. The molecule has 0 spiro atoms. The summed E-state index contributed by atoms with van der Waals surface area (Å²) >= 11 is 0. The van der Waals surface area contributed by atoms with E-state index in [0.717, 1.165) is 5.62 Å². The summed E-state index contributed by atoms with van der Waals surface area (Å²) in [7, 11) is 7.95. The van der Waals surface area contributed by atoms with Crippen LogP contribution in [0.15, 0.2) is 0 Å². The van der Waals surface area contributed by atoms with Crippen molar-refractivity contribution < 1.29 is 0 Å². The molecule has 5 heavy (non-hydrogen) atoms. The molecule has 0 nitrogen and oxygen atoms in total. The molecular weight excluding hydrogens is 55.3 g/mol. The molecule has 24 valence electrons. The summed E-state index contributed by atoms with van der Waals surface area (Å²) in [5.41, 5.74) is 0.884. The fraction of sp³-hybridized carbons (Fsp3) is 1.00. The summed E-state index contributed by atoms with van der Waals surface area (Å²) in [4.78, 5) is 0. The zero-order valence-electron chi connectivity index (χ0n) is 4.28. The summed E-state index contributed by atoms with van der Waals surface area (Å²) < 4.78 is 0. The SMILES string of the molecule is BBC(B)B. The molecule has 0 aromatic rings. The van der Waals surface area contributed by atoms with Crippen molar-refractivity contribution in [3.63, 3.8) is 0 Å². The highest BCUT2D eigenvalue weighted by atomic mass is 13.3. The molecule has 0 fully saturated rings. The Hall–Kier alpha value is 0.260. The van der Waals surface area contributed by atoms with E-state index in [2.05, 4.69) is 23.4 Å². The van der Waals surface area contributed by atoms with E-state index in [4.69, 9.17) is 0 Å². The van der Waals surface area contributed by atoms with E-state index < -0.39 is 0 Å². The van der Waals surface area contributed by atoms with Crippen molar-refractivity contribution in [1.29, 1.82) is 0 Å². The van der Waals surface area contributed by atoms with Gasteiger partial charge in [0.2, 0.25) is 0 Å². The molecule has 0 aliphatic rings. The topological polar surface area (TPSA) is 0 Å². The summed E-state index contributed by atoms with van der Waals surface area (Å²) in [6.07, 6.45) is 0. The zero-order valence-corrected chi connectivity index (χ0v) is 4.28. The van der Waals surface area contributed by atoms with Crippen LogP contribution in [0.3, 0.4) is 0 Å². The van der Waals surface area contributed by atoms with Crippen LogP contribution < -0.4 is 0 Å². The average Bonchev–Trinajstić information content (AvgIpc) is 1.38. The van der Waals surface area contributed by atoms with E-state index >= 15 is 0 Å². The number of rotatable bonds is 1. The first-order valence-electron chi connectivity index (χ1n) is 2.27. The van der Waals surface area contributed by atoms with Crippen molar-refractivity contribution in [3.8, 4) is 0 Å². The van der Waals surface area contributed by atoms with Gasteiger partial charge in [0.1, 0.15) is 0 Å². The van der Waals surface area contributed by atoms with Crippen molar-refractivity contribution in [2.75, 3.05) is 0 Å². The largest absolute Gasteiger partial charge is 0.126 e. The Labute approximate surface area is 37.2 Å². The number of hydrogen-bond acceptors (Lipinski definition) is 0. The monoisotopic (exact) mass is 64.1 g/mol. The van der Waals surface area contributed by atoms with Crippen LogP contribution in [0, 0.1) is 0 Å². The van der Waals surface area contributed by atoms with Crippen LogP contribution in [0.1, 0.15) is 0 Å². The highest BCUT2D eigenvalue weighted by Crippen LogP contribution is 1.75. The molecule has 0 aliphatic carbocycles. The van der Waals surface area contributed by atoms with Gasteiger partial charge in [-0.1, -0.05) is 0 Å². The fourth-order valence-electron chi connectivity index (χ4n) is 0. The fourth-order valence-corrected chi connectivity index (χ4v) is 0. The van der Waals surface area contributed by atoms with Crippen LogP contribution in [0.2, 0.25) is 5.62 Å². The van der Waals surface area contributed by atoms with Crippen molar-refractivity contribution in [2.24, 2.45) is 0 Å². The second-order valence-corrected chi connectivity index (χ2v) is 1.80. The molecule has 0 rings (SSSR count). The lowest BCUT2D eigenvalue weighted by atomic mass is 9.35. The Kier molecular flexibility index (Phi) is 2.62. The summed E-state index contributed by atoms with van der Waals surface area (Å²) in [6.45, 7) is 0. The van der Waals surface area contributed by atoms with Gasteiger partial charge in [0.05, 0.1) is 30.6 Å². The predicted molar refractivity (Wildman–Crippen MR) is 36.5 cm³/mol. The third kappa shape index (κ3) is 4.26. The lowest BCUT2D eigenvalue weighted by Gasteiger charge is -1.86. The predicted octanol–water partition coefficient (Wildman–Crippen LogP) is -3.06. The lowest BCUT2D eigenvalue weighted by Crippen LogP contribution is -2.01. The van der Waals surface area contributed by atoms with Gasteiger partial charge in [0.15, 0.2) is 0 Å². The van der Waals surface area contributed by atoms with Crippen molar-refractivity contribution in [1.82, 2.24) is 0 Å². The molecule has 0 N–H and O–H groups in total. The minimum Gasteiger partial charge on any atom is -0.126 e. The van der Waals surface area contributed by atoms with Crippen molar-refractivity contribution in [2.45, 2.75) is 5.62 Å². The Morgan fingerprint density at radius 2 is 1.60 bits per heavy atom. The molecule has 0 saturated heterocycles. The molecule has 0 aliphatic heterocycles. The van der Waals surface area contributed by atoms with Gasteiger partial charge >= 0.3 is 0 Å². The van der Waals surface area contributed by atoms with Gasteiger partial charge in [-0.05, 0) is 0 Å². The van der Waals surface area contributed by atoms with Crippen LogP contribution in [0.25, 0.3) is 0 Å². The van der Waals surface area contributed by atoms with Gasteiger partial charge < -0.3 is 0 Å². The maximum Gasteiger partial charge on any atom is 0.0874 e. The van der Waals surface area contributed by atoms with Crippen LogP contribution in [0.5, 0.6) is 0 Å². The Balaban J connectivity index is 2.54. The summed E-state index contributed by atoms with van der Waals surface area (Å²) in [6, 6.07) is 0. The van der Waals surface area contributed by atoms with Crippen molar-refractivity contribution >= 4 is 30.6 Å². The summed E-state index contributed by atoms with van der Waals surface area (Å²) in [5, 5.41) is 0. The second-order valence-electron chi connectivity index (χ2n) is 1.80. The van der Waals surface area contributed by atoms with E-state index in [1.807, 2.05) is 0 Å². The van der Waals surface area contributed by atoms with Crippen LogP contribution in [-0.2, 0) is 0 Å². The molecule has 4 heteroatoms. The maximum absolute atomic E-state index is 2.22. The molecule has 0 aromatic carbocycles. The first-order chi connectivity index (χ1) is 2.27. The van der Waals surface area contributed by atoms with E-state index in [1.54, 1.807) is 0 Å². The molecule has 0 radical (unpaired) electrons. The first-order valence-corrected chi connectivity index (χ1v) is 2.27. The van der Waals surface area contributed by atoms with Gasteiger partial charge in [0, 0.05) is 0 Å². The molecule has 0 heterocycles. The maximum atomic E-state index is 2.22. The van der Waals surface area contributed by atoms with Gasteiger partial charge in [-0.25, -0.2) is 0 Å². The van der Waals surface area contributed by atoms with Crippen LogP contribution in [0.4, 0.5) is 0 Å². The third-order valence-corrected chi connectivity index (χ3v) is 0.816. The highest BCUT2D eigenvalue weighted by Gasteiger charge is 1.84. The summed E-state index contributed by atoms with van der Waals surface area (Å²) in [5.74, 6) is 0. The van der Waals surface area contributed by atoms with Crippen LogP contribution in [-0.4, -0.2) is 30.6 Å². The van der Waals surface area contributed by atoms with Gasteiger partial charge in [-0.2, -0.15) is 0 Å². The highest BCUT2D eigenvalue weighted by molar-refractivity contribution is 6.96.